The molecule has 8 N–H and O–H groups in total. The van der Waals surface area contributed by atoms with Crippen LogP contribution in [0.25, 0.3) is 0 Å². The van der Waals surface area contributed by atoms with Gasteiger partial charge in [0.25, 0.3) is 0 Å². The second-order valence-corrected chi connectivity index (χ2v) is 8.93. The second-order valence-electron chi connectivity index (χ2n) is 8.93. The largest absolute Gasteiger partial charge is 0.480 e. The van der Waals surface area contributed by atoms with Gasteiger partial charge in [0.05, 0.1) is 12.4 Å². The van der Waals surface area contributed by atoms with Crippen LogP contribution in [0.5, 0.6) is 0 Å². The number of aromatic nitrogens is 2. The lowest BCUT2D eigenvalue weighted by atomic mass is 10.0. The number of hydrogen-bond donors (Lipinski definition) is 7. The van der Waals surface area contributed by atoms with Gasteiger partial charge in [-0.1, -0.05) is 44.2 Å². The van der Waals surface area contributed by atoms with Crippen molar-refractivity contribution in [3.05, 3.63) is 54.1 Å². The van der Waals surface area contributed by atoms with Crippen LogP contribution in [0.15, 0.2) is 42.9 Å². The van der Waals surface area contributed by atoms with Crippen molar-refractivity contribution in [1.29, 1.82) is 0 Å². The predicted molar refractivity (Wildman–Crippen MR) is 130 cm³/mol. The molecule has 2 aromatic rings. The number of imidazole rings is 1. The van der Waals surface area contributed by atoms with Crippen LogP contribution < -0.4 is 21.7 Å². The van der Waals surface area contributed by atoms with Crippen molar-refractivity contribution in [3.63, 3.8) is 0 Å². The lowest BCUT2D eigenvalue weighted by Crippen LogP contribution is -2.59. The SMILES string of the molecule is CC(C)C(NC(=O)C(Cc1cnc[nH]1)NC(=O)C(Cc1ccccc1)NC(=O)C(N)C(C)O)C(=O)O. The van der Waals surface area contributed by atoms with E-state index < -0.39 is 59.9 Å². The maximum atomic E-state index is 13.3. The molecule has 1 aromatic heterocycles. The van der Waals surface area contributed by atoms with E-state index in [2.05, 4.69) is 25.9 Å². The molecule has 0 aliphatic heterocycles. The Bertz CT molecular complexity index is 1010. The lowest BCUT2D eigenvalue weighted by Gasteiger charge is -2.26. The number of rotatable bonds is 13. The molecule has 196 valence electrons. The number of hydrogen-bond acceptors (Lipinski definition) is 7. The van der Waals surface area contributed by atoms with Gasteiger partial charge in [-0.25, -0.2) is 9.78 Å². The first kappa shape index (κ1) is 28.5. The number of nitrogens with one attached hydrogen (secondary N) is 4. The summed E-state index contributed by atoms with van der Waals surface area (Å²) in [7, 11) is 0. The molecule has 0 aliphatic rings. The van der Waals surface area contributed by atoms with Crippen LogP contribution in [-0.4, -0.2) is 74.1 Å². The van der Waals surface area contributed by atoms with Gasteiger partial charge in [0.15, 0.2) is 0 Å². The number of carboxylic acid groups (broad SMARTS) is 1. The highest BCUT2D eigenvalue weighted by molar-refractivity contribution is 5.94. The normalized spacial score (nSPS) is 15.3. The van der Waals surface area contributed by atoms with Gasteiger partial charge >= 0.3 is 5.97 Å². The van der Waals surface area contributed by atoms with E-state index in [1.165, 1.54) is 19.4 Å². The summed E-state index contributed by atoms with van der Waals surface area (Å²) in [4.78, 5) is 57.3. The minimum Gasteiger partial charge on any atom is -0.480 e. The first-order valence-corrected chi connectivity index (χ1v) is 11.6. The van der Waals surface area contributed by atoms with E-state index in [1.807, 2.05) is 0 Å². The number of nitrogens with two attached hydrogens (primary N) is 1. The van der Waals surface area contributed by atoms with Crippen LogP contribution in [0.3, 0.4) is 0 Å². The summed E-state index contributed by atoms with van der Waals surface area (Å²) in [5, 5.41) is 26.8. The van der Waals surface area contributed by atoms with Crippen LogP contribution in [0.2, 0.25) is 0 Å². The summed E-state index contributed by atoms with van der Waals surface area (Å²) >= 11 is 0. The molecule has 0 spiro atoms. The monoisotopic (exact) mass is 502 g/mol. The van der Waals surface area contributed by atoms with Gasteiger partial charge in [-0.05, 0) is 18.4 Å². The summed E-state index contributed by atoms with van der Waals surface area (Å²) in [5.41, 5.74) is 7.00. The lowest BCUT2D eigenvalue weighted by molar-refractivity contribution is -0.143. The van der Waals surface area contributed by atoms with Crippen molar-refractivity contribution in [3.8, 4) is 0 Å². The topological polar surface area (TPSA) is 200 Å². The number of aliphatic hydroxyl groups is 1. The van der Waals surface area contributed by atoms with E-state index in [0.717, 1.165) is 5.56 Å². The molecule has 0 saturated carbocycles. The number of nitrogens with zero attached hydrogens (tertiary/aromatic N) is 1. The molecule has 1 heterocycles. The third kappa shape index (κ3) is 8.47. The number of benzene rings is 1. The quantitative estimate of drug-likeness (QED) is 0.183. The van der Waals surface area contributed by atoms with Crippen LogP contribution in [0, 0.1) is 5.92 Å². The van der Waals surface area contributed by atoms with Gasteiger partial charge in [-0.15, -0.1) is 0 Å². The van der Waals surface area contributed by atoms with Gasteiger partial charge in [-0.2, -0.15) is 0 Å². The van der Waals surface area contributed by atoms with Crippen molar-refractivity contribution in [2.45, 2.75) is 63.9 Å². The minimum absolute atomic E-state index is 0.00119. The number of aliphatic carboxylic acids is 1. The average molecular weight is 503 g/mol. The van der Waals surface area contributed by atoms with Gasteiger partial charge in [0.2, 0.25) is 17.7 Å². The molecular formula is C24H34N6O6. The summed E-state index contributed by atoms with van der Waals surface area (Å²) in [6.07, 6.45) is 1.84. The molecule has 5 atom stereocenters. The van der Waals surface area contributed by atoms with Gasteiger partial charge in [0.1, 0.15) is 24.2 Å². The van der Waals surface area contributed by atoms with Crippen molar-refractivity contribution in [2.75, 3.05) is 0 Å². The molecule has 12 heteroatoms. The zero-order valence-electron chi connectivity index (χ0n) is 20.5. The van der Waals surface area contributed by atoms with Crippen LogP contribution >= 0.6 is 0 Å². The number of carbonyl (C=O) groups excluding carboxylic acids is 3. The van der Waals surface area contributed by atoms with Crippen LogP contribution in [0.4, 0.5) is 0 Å². The van der Waals surface area contributed by atoms with Crippen molar-refractivity contribution in [1.82, 2.24) is 25.9 Å². The Kier molecular flexibility index (Phi) is 10.6. The van der Waals surface area contributed by atoms with Crippen LogP contribution in [0.1, 0.15) is 32.0 Å². The third-order valence-electron chi connectivity index (χ3n) is 5.58. The smallest absolute Gasteiger partial charge is 0.326 e. The minimum atomic E-state index is -1.26. The molecule has 0 aliphatic carbocycles. The van der Waals surface area contributed by atoms with E-state index in [9.17, 15) is 29.4 Å². The van der Waals surface area contributed by atoms with E-state index in [4.69, 9.17) is 5.73 Å². The number of carbonyl (C=O) groups is 4. The molecule has 3 amide bonds. The Hall–Kier alpha value is -3.77. The Morgan fingerprint density at radius 1 is 0.944 bits per heavy atom. The molecule has 36 heavy (non-hydrogen) atoms. The second kappa shape index (κ2) is 13.4. The summed E-state index contributed by atoms with van der Waals surface area (Å²) in [5.74, 6) is -3.72. The predicted octanol–water partition coefficient (Wildman–Crippen LogP) is -0.902. The Morgan fingerprint density at radius 3 is 2.06 bits per heavy atom. The standard InChI is InChI=1S/C24H34N6O6/c1-13(2)20(24(35)36)30-22(33)18(10-16-11-26-12-27-16)28-21(32)17(9-15-7-5-4-6-8-15)29-23(34)19(25)14(3)31/h4-8,11-14,17-20,31H,9-10,25H2,1-3H3,(H,26,27)(H,28,32)(H,29,34)(H,30,33)(H,35,36). The highest BCUT2D eigenvalue weighted by atomic mass is 16.4. The fraction of sp³-hybridized carbons (Fsp3) is 0.458. The Labute approximate surface area is 209 Å². The first-order chi connectivity index (χ1) is 17.0. The number of amides is 3. The average Bonchev–Trinajstić information content (AvgIpc) is 3.34. The van der Waals surface area contributed by atoms with E-state index in [0.29, 0.717) is 5.69 Å². The van der Waals surface area contributed by atoms with Gasteiger partial charge in [0, 0.05) is 24.7 Å². The van der Waals surface area contributed by atoms with Crippen molar-refractivity contribution in [2.24, 2.45) is 11.7 Å². The van der Waals surface area contributed by atoms with E-state index in [-0.39, 0.29) is 12.8 Å². The molecule has 12 nitrogen and oxygen atoms in total. The van der Waals surface area contributed by atoms with Gasteiger partial charge in [-0.3, -0.25) is 14.4 Å². The van der Waals surface area contributed by atoms with Crippen LogP contribution in [-0.2, 0) is 32.0 Å². The fourth-order valence-corrected chi connectivity index (χ4v) is 3.41. The van der Waals surface area contributed by atoms with E-state index >= 15 is 0 Å². The molecule has 5 unspecified atom stereocenters. The van der Waals surface area contributed by atoms with Gasteiger partial charge < -0.3 is 36.9 Å². The highest BCUT2D eigenvalue weighted by Crippen LogP contribution is 2.08. The molecule has 0 saturated heterocycles. The molecule has 0 radical (unpaired) electrons. The maximum absolute atomic E-state index is 13.3. The van der Waals surface area contributed by atoms with Crippen molar-refractivity contribution < 1.29 is 29.4 Å². The molecule has 0 fully saturated rings. The fourth-order valence-electron chi connectivity index (χ4n) is 3.41. The Morgan fingerprint density at radius 2 is 1.53 bits per heavy atom. The number of aliphatic hydroxyl groups excluding tert-OH is 1. The zero-order chi connectivity index (χ0) is 26.8. The highest BCUT2D eigenvalue weighted by Gasteiger charge is 2.32. The summed E-state index contributed by atoms with van der Waals surface area (Å²) < 4.78 is 0. The summed E-state index contributed by atoms with van der Waals surface area (Å²) in [6.45, 7) is 4.66. The molecular weight excluding hydrogens is 468 g/mol. The maximum Gasteiger partial charge on any atom is 0.326 e. The zero-order valence-corrected chi connectivity index (χ0v) is 20.5. The van der Waals surface area contributed by atoms with Crippen molar-refractivity contribution >= 4 is 23.7 Å². The number of carboxylic acids is 1. The molecule has 1 aromatic carbocycles. The number of H-pyrrole nitrogens is 1. The molecule has 0 bridgehead atoms. The van der Waals surface area contributed by atoms with E-state index in [1.54, 1.807) is 44.2 Å². The summed E-state index contributed by atoms with van der Waals surface area (Å²) in [6, 6.07) is 4.19. The Balaban J connectivity index is 2.28. The third-order valence-corrected chi connectivity index (χ3v) is 5.58. The number of aromatic amines is 1. The first-order valence-electron chi connectivity index (χ1n) is 11.6. The molecule has 2 rings (SSSR count).